The molecule has 2 heterocycles. The normalized spacial score (nSPS) is 23.3. The summed E-state index contributed by atoms with van der Waals surface area (Å²) >= 11 is 0. The van der Waals surface area contributed by atoms with Gasteiger partial charge in [-0.15, -0.1) is 0 Å². The lowest BCUT2D eigenvalue weighted by Gasteiger charge is -2.32. The molecule has 1 saturated heterocycles. The van der Waals surface area contributed by atoms with E-state index in [2.05, 4.69) is 28.0 Å². The summed E-state index contributed by atoms with van der Waals surface area (Å²) in [5, 5.41) is 14.8. The number of β-amino-alcohol motifs (C(OH)–C–C–N with tert-alkyl or cyclic N) is 1. The minimum atomic E-state index is -0.447. The van der Waals surface area contributed by atoms with Gasteiger partial charge in [-0.2, -0.15) is 4.98 Å². The third-order valence-corrected chi connectivity index (χ3v) is 5.23. The highest BCUT2D eigenvalue weighted by Crippen LogP contribution is 2.39. The fourth-order valence-corrected chi connectivity index (χ4v) is 3.64. The number of hydrogen-bond acceptors (Lipinski definition) is 5. The van der Waals surface area contributed by atoms with E-state index in [-0.39, 0.29) is 0 Å². The Morgan fingerprint density at radius 3 is 2.88 bits per heavy atom. The number of nitrogens with zero attached hydrogens (tertiary/aromatic N) is 3. The van der Waals surface area contributed by atoms with Gasteiger partial charge < -0.3 is 9.63 Å². The van der Waals surface area contributed by atoms with Crippen molar-refractivity contribution in [1.29, 1.82) is 0 Å². The van der Waals surface area contributed by atoms with E-state index in [1.54, 1.807) is 0 Å². The standard InChI is InChI=1S/C19H25N3O2/c1-13-5-2-3-7-16(13)17(23)12-22-10-4-6-15(11-22)18-20-19(24-21-18)14-8-9-14/h2-3,5,7,14-15,17,23H,4,6,8-12H2,1H3/t15-,17+/m0/s1. The molecule has 1 aliphatic carbocycles. The Balaban J connectivity index is 1.40. The van der Waals surface area contributed by atoms with E-state index >= 15 is 0 Å². The summed E-state index contributed by atoms with van der Waals surface area (Å²) in [5.74, 6) is 2.50. The Kier molecular flexibility index (Phi) is 4.37. The van der Waals surface area contributed by atoms with Crippen LogP contribution in [0.5, 0.6) is 0 Å². The van der Waals surface area contributed by atoms with Crippen molar-refractivity contribution in [2.45, 2.75) is 50.5 Å². The first-order valence-corrected chi connectivity index (χ1v) is 9.00. The molecule has 2 aromatic rings. The molecule has 1 aromatic carbocycles. The zero-order valence-electron chi connectivity index (χ0n) is 14.2. The Morgan fingerprint density at radius 1 is 1.25 bits per heavy atom. The summed E-state index contributed by atoms with van der Waals surface area (Å²) < 4.78 is 5.41. The van der Waals surface area contributed by atoms with E-state index in [0.29, 0.717) is 18.4 Å². The highest BCUT2D eigenvalue weighted by molar-refractivity contribution is 5.27. The number of piperidine rings is 1. The molecule has 1 N–H and O–H groups in total. The zero-order chi connectivity index (χ0) is 16.5. The van der Waals surface area contributed by atoms with Gasteiger partial charge in [-0.25, -0.2) is 0 Å². The van der Waals surface area contributed by atoms with Crippen LogP contribution < -0.4 is 0 Å². The van der Waals surface area contributed by atoms with Crippen molar-refractivity contribution < 1.29 is 9.63 Å². The van der Waals surface area contributed by atoms with Gasteiger partial charge in [-0.05, 0) is 50.3 Å². The number of hydrogen-bond donors (Lipinski definition) is 1. The predicted molar refractivity (Wildman–Crippen MR) is 90.8 cm³/mol. The molecular formula is C19H25N3O2. The second-order valence-corrected chi connectivity index (χ2v) is 7.24. The lowest BCUT2D eigenvalue weighted by Crippen LogP contribution is -2.37. The third-order valence-electron chi connectivity index (χ3n) is 5.23. The minimum Gasteiger partial charge on any atom is -0.387 e. The third kappa shape index (κ3) is 3.37. The number of aryl methyl sites for hydroxylation is 1. The lowest BCUT2D eigenvalue weighted by molar-refractivity contribution is 0.0938. The van der Waals surface area contributed by atoms with E-state index in [9.17, 15) is 5.11 Å². The summed E-state index contributed by atoms with van der Waals surface area (Å²) in [5.41, 5.74) is 2.17. The van der Waals surface area contributed by atoms with Crippen molar-refractivity contribution >= 4 is 0 Å². The molecule has 2 aliphatic rings. The van der Waals surface area contributed by atoms with Crippen LogP contribution >= 0.6 is 0 Å². The Bertz CT molecular complexity index is 695. The maximum absolute atomic E-state index is 10.6. The van der Waals surface area contributed by atoms with E-state index in [1.165, 1.54) is 12.8 Å². The van der Waals surface area contributed by atoms with Gasteiger partial charge in [-0.1, -0.05) is 29.4 Å². The van der Waals surface area contributed by atoms with Crippen molar-refractivity contribution in [2.24, 2.45) is 0 Å². The van der Waals surface area contributed by atoms with Crippen LogP contribution in [0.1, 0.15) is 66.5 Å². The number of rotatable bonds is 5. The number of aliphatic hydroxyl groups excluding tert-OH is 1. The van der Waals surface area contributed by atoms with Crippen LogP contribution in [0.4, 0.5) is 0 Å². The highest BCUT2D eigenvalue weighted by atomic mass is 16.5. The molecule has 4 rings (SSSR count). The van der Waals surface area contributed by atoms with Crippen LogP contribution in [0, 0.1) is 6.92 Å². The van der Waals surface area contributed by atoms with Gasteiger partial charge in [0.05, 0.1) is 6.10 Å². The molecule has 0 bridgehead atoms. The average molecular weight is 327 g/mol. The summed E-state index contributed by atoms with van der Waals surface area (Å²) in [4.78, 5) is 6.95. The molecule has 5 nitrogen and oxygen atoms in total. The Morgan fingerprint density at radius 2 is 2.08 bits per heavy atom. The van der Waals surface area contributed by atoms with Crippen molar-refractivity contribution in [3.05, 3.63) is 47.1 Å². The van der Waals surface area contributed by atoms with Crippen LogP contribution in [0.3, 0.4) is 0 Å². The first-order chi connectivity index (χ1) is 11.7. The van der Waals surface area contributed by atoms with E-state index in [1.807, 2.05) is 18.2 Å². The summed E-state index contributed by atoms with van der Waals surface area (Å²) in [6.07, 6.45) is 4.12. The van der Waals surface area contributed by atoms with Gasteiger partial charge >= 0.3 is 0 Å². The number of aliphatic hydroxyl groups is 1. The maximum atomic E-state index is 10.6. The summed E-state index contributed by atoms with van der Waals surface area (Å²) in [6, 6.07) is 8.07. The monoisotopic (exact) mass is 327 g/mol. The summed E-state index contributed by atoms with van der Waals surface area (Å²) in [7, 11) is 0. The molecule has 2 atom stereocenters. The first kappa shape index (κ1) is 15.8. The number of benzene rings is 1. The highest BCUT2D eigenvalue weighted by Gasteiger charge is 2.32. The minimum absolute atomic E-state index is 0.319. The molecule has 1 aliphatic heterocycles. The SMILES string of the molecule is Cc1ccccc1[C@H](O)CN1CCC[C@H](c2noc(C3CC3)n2)C1. The van der Waals surface area contributed by atoms with Gasteiger partial charge in [0.25, 0.3) is 0 Å². The smallest absolute Gasteiger partial charge is 0.229 e. The van der Waals surface area contributed by atoms with Gasteiger partial charge in [0.1, 0.15) is 0 Å². The zero-order valence-corrected chi connectivity index (χ0v) is 14.2. The number of likely N-dealkylation sites (tertiary alicyclic amines) is 1. The van der Waals surface area contributed by atoms with Crippen LogP contribution in [0.25, 0.3) is 0 Å². The molecule has 128 valence electrons. The molecule has 5 heteroatoms. The van der Waals surface area contributed by atoms with Gasteiger partial charge in [0.15, 0.2) is 5.82 Å². The van der Waals surface area contributed by atoms with Crippen LogP contribution in [0.2, 0.25) is 0 Å². The molecule has 0 radical (unpaired) electrons. The quantitative estimate of drug-likeness (QED) is 0.914. The van der Waals surface area contributed by atoms with Crippen LogP contribution in [-0.4, -0.2) is 39.8 Å². The van der Waals surface area contributed by atoms with Crippen molar-refractivity contribution in [2.75, 3.05) is 19.6 Å². The van der Waals surface area contributed by atoms with Crippen molar-refractivity contribution in [3.63, 3.8) is 0 Å². The van der Waals surface area contributed by atoms with Crippen LogP contribution in [0.15, 0.2) is 28.8 Å². The molecule has 24 heavy (non-hydrogen) atoms. The number of aromatic nitrogens is 2. The Hall–Kier alpha value is -1.72. The van der Waals surface area contributed by atoms with Gasteiger partial charge in [-0.3, -0.25) is 4.90 Å². The molecule has 2 fully saturated rings. The summed E-state index contributed by atoms with van der Waals surface area (Å²) in [6.45, 7) is 4.63. The molecule has 0 spiro atoms. The second-order valence-electron chi connectivity index (χ2n) is 7.24. The van der Waals surface area contributed by atoms with Gasteiger partial charge in [0.2, 0.25) is 5.89 Å². The van der Waals surface area contributed by atoms with E-state index in [0.717, 1.165) is 48.8 Å². The fourth-order valence-electron chi connectivity index (χ4n) is 3.64. The predicted octanol–water partition coefficient (Wildman–Crippen LogP) is 3.17. The molecule has 0 amide bonds. The van der Waals surface area contributed by atoms with Crippen molar-refractivity contribution in [3.8, 4) is 0 Å². The topological polar surface area (TPSA) is 62.4 Å². The average Bonchev–Trinajstić information content (AvgIpc) is 3.32. The van der Waals surface area contributed by atoms with Crippen LogP contribution in [-0.2, 0) is 0 Å². The molecule has 1 saturated carbocycles. The van der Waals surface area contributed by atoms with E-state index < -0.39 is 6.10 Å². The largest absolute Gasteiger partial charge is 0.387 e. The van der Waals surface area contributed by atoms with Crippen molar-refractivity contribution in [1.82, 2.24) is 15.0 Å². The van der Waals surface area contributed by atoms with Gasteiger partial charge in [0, 0.05) is 24.9 Å². The second kappa shape index (κ2) is 6.65. The molecule has 0 unspecified atom stereocenters. The van der Waals surface area contributed by atoms with E-state index in [4.69, 9.17) is 4.52 Å². The lowest BCUT2D eigenvalue weighted by atomic mass is 9.96. The fraction of sp³-hybridized carbons (Fsp3) is 0.579. The molecular weight excluding hydrogens is 302 g/mol. The Labute approximate surface area is 142 Å². The maximum Gasteiger partial charge on any atom is 0.229 e. The first-order valence-electron chi connectivity index (χ1n) is 9.00. The molecule has 1 aromatic heterocycles.